The van der Waals surface area contributed by atoms with E-state index in [0.717, 1.165) is 14.1 Å². The Morgan fingerprint density at radius 2 is 2.26 bits per heavy atom. The summed E-state index contributed by atoms with van der Waals surface area (Å²) >= 11 is 7.49. The van der Waals surface area contributed by atoms with E-state index in [-0.39, 0.29) is 11.1 Å². The molecule has 0 aliphatic carbocycles. The van der Waals surface area contributed by atoms with Crippen molar-refractivity contribution in [2.75, 3.05) is 6.54 Å². The first-order valence-electron chi connectivity index (χ1n) is 7.13. The molecule has 2 rings (SSSR count). The summed E-state index contributed by atoms with van der Waals surface area (Å²) in [6, 6.07) is 5.83. The average molecular weight is 350 g/mol. The van der Waals surface area contributed by atoms with Gasteiger partial charge in [0.2, 0.25) is 0 Å². The minimum absolute atomic E-state index is 0.162. The van der Waals surface area contributed by atoms with E-state index in [1.54, 1.807) is 13.8 Å². The van der Waals surface area contributed by atoms with Crippen molar-refractivity contribution in [2.45, 2.75) is 27.1 Å². The fourth-order valence-electron chi connectivity index (χ4n) is 2.31. The topological polar surface area (TPSA) is 63.1 Å². The van der Waals surface area contributed by atoms with Gasteiger partial charge < -0.3 is 4.90 Å². The predicted octanol–water partition coefficient (Wildman–Crippen LogP) is 1.68. The lowest BCUT2D eigenvalue weighted by Gasteiger charge is -2.18. The van der Waals surface area contributed by atoms with Crippen molar-refractivity contribution in [3.8, 4) is 6.07 Å². The van der Waals surface area contributed by atoms with Crippen molar-refractivity contribution in [1.82, 2.24) is 9.78 Å². The van der Waals surface area contributed by atoms with E-state index in [0.29, 0.717) is 31.0 Å². The van der Waals surface area contributed by atoms with E-state index in [9.17, 15) is 10.1 Å². The molecule has 0 bridgehead atoms. The van der Waals surface area contributed by atoms with Crippen LogP contribution in [0.15, 0.2) is 29.6 Å². The van der Waals surface area contributed by atoms with Crippen molar-refractivity contribution < 1.29 is 4.90 Å². The molecule has 1 N–H and O–H groups in total. The fraction of sp³-hybridized carbons (Fsp3) is 0.312. The fourth-order valence-corrected chi connectivity index (χ4v) is 3.47. The maximum atomic E-state index is 12.4. The van der Waals surface area contributed by atoms with Crippen LogP contribution >= 0.6 is 22.9 Å². The van der Waals surface area contributed by atoms with Gasteiger partial charge in [0.15, 0.2) is 6.67 Å². The molecule has 2 heterocycles. The summed E-state index contributed by atoms with van der Waals surface area (Å²) in [5, 5.41) is 13.5. The number of rotatable bonds is 6. The van der Waals surface area contributed by atoms with Gasteiger partial charge in [-0.3, -0.25) is 4.79 Å². The Kier molecular flexibility index (Phi) is 5.72. The van der Waals surface area contributed by atoms with Gasteiger partial charge in [-0.05, 0) is 37.6 Å². The SMILES string of the molecule is C=CC[NH+](Cc1ccc(Cl)s1)Cn1nc(C)c(C)c(C#N)c1=O. The largest absolute Gasteiger partial charge is 0.309 e. The Balaban J connectivity index is 2.30. The standard InChI is InChI=1S/C16H17ClN4OS/c1-4-7-20(9-13-5-6-15(17)23-13)10-21-16(22)14(8-18)11(2)12(3)19-21/h4-6H,1,7,9-10H2,2-3H3/p+1. The molecule has 0 radical (unpaired) electrons. The molecule has 5 nitrogen and oxygen atoms in total. The first-order valence-corrected chi connectivity index (χ1v) is 8.32. The highest BCUT2D eigenvalue weighted by molar-refractivity contribution is 7.16. The number of nitriles is 1. The molecule has 2 aromatic heterocycles. The van der Waals surface area contributed by atoms with Gasteiger partial charge in [0.05, 0.1) is 21.5 Å². The second-order valence-corrected chi connectivity index (χ2v) is 7.09. The molecule has 0 saturated heterocycles. The van der Waals surface area contributed by atoms with E-state index >= 15 is 0 Å². The molecule has 0 fully saturated rings. The van der Waals surface area contributed by atoms with Crippen LogP contribution in [0.2, 0.25) is 4.34 Å². The first-order chi connectivity index (χ1) is 11.0. The van der Waals surface area contributed by atoms with Crippen LogP contribution in [0.3, 0.4) is 0 Å². The molecule has 7 heteroatoms. The molecular weight excluding hydrogens is 332 g/mol. The van der Waals surface area contributed by atoms with Crippen molar-refractivity contribution in [2.24, 2.45) is 0 Å². The summed E-state index contributed by atoms with van der Waals surface area (Å²) in [7, 11) is 0. The van der Waals surface area contributed by atoms with Crippen LogP contribution in [0.25, 0.3) is 0 Å². The third-order valence-corrected chi connectivity index (χ3v) is 4.84. The monoisotopic (exact) mass is 349 g/mol. The molecule has 0 saturated carbocycles. The molecule has 0 amide bonds. The third kappa shape index (κ3) is 4.08. The van der Waals surface area contributed by atoms with E-state index in [4.69, 9.17) is 11.6 Å². The van der Waals surface area contributed by atoms with E-state index in [1.165, 1.54) is 16.0 Å². The first kappa shape index (κ1) is 17.4. The van der Waals surface area contributed by atoms with Gasteiger partial charge in [0.1, 0.15) is 18.2 Å². The Morgan fingerprint density at radius 3 is 2.83 bits per heavy atom. The molecular formula is C16H18ClN4OS+. The number of nitrogens with one attached hydrogen (secondary N) is 1. The Hall–Kier alpha value is -1.94. The predicted molar refractivity (Wildman–Crippen MR) is 91.7 cm³/mol. The number of aryl methyl sites for hydroxylation is 1. The van der Waals surface area contributed by atoms with Gasteiger partial charge in [-0.15, -0.1) is 11.3 Å². The van der Waals surface area contributed by atoms with Gasteiger partial charge in [-0.1, -0.05) is 18.2 Å². The normalized spacial score (nSPS) is 11.9. The summed E-state index contributed by atoms with van der Waals surface area (Å²) in [4.78, 5) is 14.6. The Bertz CT molecular complexity index is 818. The zero-order chi connectivity index (χ0) is 17.0. The molecule has 0 aromatic carbocycles. The summed E-state index contributed by atoms with van der Waals surface area (Å²) in [6.45, 7) is 9.09. The number of hydrogen-bond acceptors (Lipinski definition) is 4. The lowest BCUT2D eigenvalue weighted by molar-refractivity contribution is -0.931. The van der Waals surface area contributed by atoms with Crippen LogP contribution in [0.5, 0.6) is 0 Å². The smallest absolute Gasteiger partial charge is 0.289 e. The maximum absolute atomic E-state index is 12.4. The van der Waals surface area contributed by atoms with Crippen molar-refractivity contribution in [1.29, 1.82) is 5.26 Å². The van der Waals surface area contributed by atoms with Crippen molar-refractivity contribution in [3.63, 3.8) is 0 Å². The number of thiophene rings is 1. The summed E-state index contributed by atoms with van der Waals surface area (Å²) < 4.78 is 2.11. The van der Waals surface area contributed by atoms with Gasteiger partial charge >= 0.3 is 0 Å². The molecule has 0 spiro atoms. The van der Waals surface area contributed by atoms with Gasteiger partial charge in [0, 0.05) is 0 Å². The zero-order valence-electron chi connectivity index (χ0n) is 13.1. The summed E-state index contributed by atoms with van der Waals surface area (Å²) in [5.41, 5.74) is 1.15. The van der Waals surface area contributed by atoms with Gasteiger partial charge in [0.25, 0.3) is 5.56 Å². The number of aromatic nitrogens is 2. The minimum Gasteiger partial charge on any atom is -0.309 e. The Morgan fingerprint density at radius 1 is 1.52 bits per heavy atom. The minimum atomic E-state index is -0.346. The van der Waals surface area contributed by atoms with Crippen LogP contribution < -0.4 is 10.5 Å². The van der Waals surface area contributed by atoms with Gasteiger partial charge in [-0.2, -0.15) is 15.0 Å². The summed E-state index contributed by atoms with van der Waals surface area (Å²) in [6.07, 6.45) is 1.81. The highest BCUT2D eigenvalue weighted by Gasteiger charge is 2.16. The lowest BCUT2D eigenvalue weighted by atomic mass is 10.1. The van der Waals surface area contributed by atoms with Crippen LogP contribution in [-0.2, 0) is 13.2 Å². The second kappa shape index (κ2) is 7.55. The zero-order valence-corrected chi connectivity index (χ0v) is 14.7. The van der Waals surface area contributed by atoms with Crippen LogP contribution in [-0.4, -0.2) is 16.3 Å². The highest BCUT2D eigenvalue weighted by Crippen LogP contribution is 2.20. The highest BCUT2D eigenvalue weighted by atomic mass is 35.5. The maximum Gasteiger partial charge on any atom is 0.289 e. The third-order valence-electron chi connectivity index (χ3n) is 3.61. The van der Waals surface area contributed by atoms with E-state index in [2.05, 4.69) is 11.7 Å². The average Bonchev–Trinajstić information content (AvgIpc) is 2.91. The lowest BCUT2D eigenvalue weighted by Crippen LogP contribution is -3.10. The number of nitrogens with zero attached hydrogens (tertiary/aromatic N) is 3. The molecule has 2 aromatic rings. The van der Waals surface area contributed by atoms with Crippen molar-refractivity contribution in [3.05, 3.63) is 61.2 Å². The molecule has 0 aliphatic heterocycles. The van der Waals surface area contributed by atoms with Crippen LogP contribution in [0.1, 0.15) is 21.7 Å². The van der Waals surface area contributed by atoms with Gasteiger partial charge in [-0.25, -0.2) is 0 Å². The molecule has 0 aliphatic rings. The molecule has 1 unspecified atom stereocenters. The van der Waals surface area contributed by atoms with E-state index < -0.39 is 0 Å². The summed E-state index contributed by atoms with van der Waals surface area (Å²) in [5.74, 6) is 0. The quantitative estimate of drug-likeness (QED) is 0.807. The second-order valence-electron chi connectivity index (χ2n) is 5.29. The molecule has 120 valence electrons. The van der Waals surface area contributed by atoms with Crippen LogP contribution in [0, 0.1) is 25.2 Å². The number of hydrogen-bond donors (Lipinski definition) is 1. The number of quaternary nitrogens is 1. The number of halogens is 1. The van der Waals surface area contributed by atoms with Crippen LogP contribution in [0.4, 0.5) is 0 Å². The molecule has 23 heavy (non-hydrogen) atoms. The molecule has 1 atom stereocenters. The Labute approximate surface area is 144 Å². The van der Waals surface area contributed by atoms with Crippen molar-refractivity contribution >= 4 is 22.9 Å². The van der Waals surface area contributed by atoms with E-state index in [1.807, 2.05) is 24.3 Å².